The molecule has 11 heteroatoms. The Morgan fingerprint density at radius 2 is 1.70 bits per heavy atom. The van der Waals surface area contributed by atoms with Crippen LogP contribution < -0.4 is 25.9 Å². The molecule has 3 aromatic rings. The van der Waals surface area contributed by atoms with Crippen molar-refractivity contribution in [2.75, 3.05) is 24.0 Å². The van der Waals surface area contributed by atoms with Gasteiger partial charge in [-0.1, -0.05) is 24.3 Å². The van der Waals surface area contributed by atoms with Crippen LogP contribution in [0.25, 0.3) is 0 Å². The summed E-state index contributed by atoms with van der Waals surface area (Å²) in [6.45, 7) is 6.30. The molecule has 0 bridgehead atoms. The summed E-state index contributed by atoms with van der Waals surface area (Å²) in [5.74, 6) is 1.37. The molecular formula is C29H29F3N6OS. The van der Waals surface area contributed by atoms with Crippen LogP contribution >= 0.6 is 12.2 Å². The smallest absolute Gasteiger partial charge is 0.416 e. The van der Waals surface area contributed by atoms with E-state index >= 15 is 0 Å². The summed E-state index contributed by atoms with van der Waals surface area (Å²) in [7, 11) is 1.63. The maximum atomic E-state index is 13.0. The predicted molar refractivity (Wildman–Crippen MR) is 158 cm³/mol. The Balaban J connectivity index is 1.39. The molecule has 0 unspecified atom stereocenters. The van der Waals surface area contributed by atoms with Crippen molar-refractivity contribution >= 4 is 40.8 Å². The highest BCUT2D eigenvalue weighted by Gasteiger charge is 2.30. The topological polar surface area (TPSA) is 73.3 Å². The van der Waals surface area contributed by atoms with Gasteiger partial charge < -0.3 is 10.1 Å². The number of rotatable bonds is 6. The lowest BCUT2D eigenvalue weighted by Crippen LogP contribution is -2.38. The second-order valence-corrected chi connectivity index (χ2v) is 9.66. The molecule has 40 heavy (non-hydrogen) atoms. The van der Waals surface area contributed by atoms with E-state index in [9.17, 15) is 13.2 Å². The first-order valence-corrected chi connectivity index (χ1v) is 12.7. The zero-order chi connectivity index (χ0) is 28.9. The van der Waals surface area contributed by atoms with E-state index in [-0.39, 0.29) is 0 Å². The summed E-state index contributed by atoms with van der Waals surface area (Å²) in [6, 6.07) is 16.4. The van der Waals surface area contributed by atoms with Crippen molar-refractivity contribution in [3.8, 4) is 5.75 Å². The standard InChI is InChI=1S/C29H29F3N6OS/c1-18-15-33-27(37-38(17-18)24-11-9-23(10-12-24)29(30,31)32)22-7-5-21(6-8-22)16-34-36-28(40)35-26-19(2)13-25(39-4)14-20(26)3/h5-14,16-17H,15H2,1-4H3,(H,33,37)(H2,35,36,40)/b34-16-. The number of hydrogen-bond donors (Lipinski definition) is 3. The lowest BCUT2D eigenvalue weighted by Gasteiger charge is -2.23. The number of anilines is 2. The van der Waals surface area contributed by atoms with Crippen molar-refractivity contribution in [1.29, 1.82) is 0 Å². The van der Waals surface area contributed by atoms with Crippen molar-refractivity contribution in [2.45, 2.75) is 26.9 Å². The van der Waals surface area contributed by atoms with Gasteiger partial charge in [-0.2, -0.15) is 18.3 Å². The van der Waals surface area contributed by atoms with Gasteiger partial charge in [-0.25, -0.2) is 0 Å². The molecule has 0 fully saturated rings. The Bertz CT molecular complexity index is 1440. The molecule has 1 aliphatic heterocycles. The van der Waals surface area contributed by atoms with Crippen LogP contribution in [0, 0.1) is 13.8 Å². The Kier molecular flexibility index (Phi) is 8.73. The number of hydrazine groups is 1. The summed E-state index contributed by atoms with van der Waals surface area (Å²) in [5.41, 5.74) is 11.4. The number of alkyl halides is 3. The van der Waals surface area contributed by atoms with E-state index in [0.29, 0.717) is 23.2 Å². The van der Waals surface area contributed by atoms with Crippen LogP contribution in [-0.2, 0) is 6.18 Å². The van der Waals surface area contributed by atoms with Crippen molar-refractivity contribution < 1.29 is 17.9 Å². The van der Waals surface area contributed by atoms with Gasteiger partial charge in [0.05, 0.1) is 31.1 Å². The number of hydrazone groups is 1. The van der Waals surface area contributed by atoms with Gasteiger partial charge in [0.25, 0.3) is 0 Å². The summed E-state index contributed by atoms with van der Waals surface area (Å²) < 4.78 is 44.2. The van der Waals surface area contributed by atoms with Crippen LogP contribution in [0.1, 0.15) is 34.7 Å². The minimum Gasteiger partial charge on any atom is -0.497 e. The summed E-state index contributed by atoms with van der Waals surface area (Å²) >= 11 is 5.38. The predicted octanol–water partition coefficient (Wildman–Crippen LogP) is 6.33. The third kappa shape index (κ3) is 7.17. The summed E-state index contributed by atoms with van der Waals surface area (Å²) in [4.78, 5) is 4.62. The van der Waals surface area contributed by atoms with E-state index in [1.807, 2.05) is 63.4 Å². The number of aryl methyl sites for hydroxylation is 2. The Labute approximate surface area is 236 Å². The molecule has 0 radical (unpaired) electrons. The van der Waals surface area contributed by atoms with E-state index in [0.717, 1.165) is 51.4 Å². The summed E-state index contributed by atoms with van der Waals surface area (Å²) in [5, 5.41) is 9.42. The minimum absolute atomic E-state index is 0.354. The number of hydrogen-bond acceptors (Lipinski definition) is 6. The number of aliphatic imine (C=N–C) groups is 1. The first kappa shape index (κ1) is 28.6. The third-order valence-electron chi connectivity index (χ3n) is 6.08. The Morgan fingerprint density at radius 1 is 1.05 bits per heavy atom. The van der Waals surface area contributed by atoms with Crippen molar-refractivity contribution in [3.05, 3.63) is 100 Å². The number of thiocarbonyl (C=S) groups is 1. The van der Waals surface area contributed by atoms with Gasteiger partial charge in [-0.15, -0.1) is 0 Å². The molecule has 3 N–H and O–H groups in total. The molecule has 0 saturated carbocycles. The number of methoxy groups -OCH3 is 1. The molecule has 0 amide bonds. The largest absolute Gasteiger partial charge is 0.497 e. The van der Waals surface area contributed by atoms with Gasteiger partial charge in [-0.05, 0) is 91.7 Å². The fourth-order valence-electron chi connectivity index (χ4n) is 4.03. The van der Waals surface area contributed by atoms with Gasteiger partial charge in [-0.3, -0.25) is 20.9 Å². The van der Waals surface area contributed by atoms with Crippen LogP contribution in [0.15, 0.2) is 82.5 Å². The van der Waals surface area contributed by atoms with Crippen LogP contribution in [0.5, 0.6) is 5.75 Å². The minimum atomic E-state index is -4.39. The second kappa shape index (κ2) is 12.2. The lowest BCUT2D eigenvalue weighted by atomic mass is 10.1. The highest BCUT2D eigenvalue weighted by Crippen LogP contribution is 2.31. The molecular weight excluding hydrogens is 537 g/mol. The van der Waals surface area contributed by atoms with E-state index in [2.05, 4.69) is 26.3 Å². The van der Waals surface area contributed by atoms with Gasteiger partial charge >= 0.3 is 6.18 Å². The van der Waals surface area contributed by atoms with Gasteiger partial charge in [0.15, 0.2) is 5.11 Å². The molecule has 208 valence electrons. The highest BCUT2D eigenvalue weighted by molar-refractivity contribution is 7.80. The van der Waals surface area contributed by atoms with Gasteiger partial charge in [0.2, 0.25) is 0 Å². The van der Waals surface area contributed by atoms with Crippen molar-refractivity contribution in [3.63, 3.8) is 0 Å². The molecule has 0 atom stereocenters. The average Bonchev–Trinajstić information content (AvgIpc) is 3.12. The average molecular weight is 567 g/mol. The maximum absolute atomic E-state index is 13.0. The maximum Gasteiger partial charge on any atom is 0.416 e. The van der Waals surface area contributed by atoms with Crippen molar-refractivity contribution in [2.24, 2.45) is 10.1 Å². The molecule has 4 rings (SSSR count). The van der Waals surface area contributed by atoms with Crippen LogP contribution in [0.2, 0.25) is 0 Å². The number of halogens is 3. The summed E-state index contributed by atoms with van der Waals surface area (Å²) in [6.07, 6.45) is -0.925. The third-order valence-corrected chi connectivity index (χ3v) is 6.27. The van der Waals surface area contributed by atoms with E-state index in [4.69, 9.17) is 17.0 Å². The van der Waals surface area contributed by atoms with E-state index < -0.39 is 11.7 Å². The Morgan fingerprint density at radius 3 is 2.30 bits per heavy atom. The van der Waals surface area contributed by atoms with Gasteiger partial charge in [0.1, 0.15) is 11.6 Å². The van der Waals surface area contributed by atoms with Crippen LogP contribution in [0.3, 0.4) is 0 Å². The number of amidine groups is 1. The van der Waals surface area contributed by atoms with Crippen LogP contribution in [-0.4, -0.2) is 30.8 Å². The molecule has 1 aliphatic rings. The zero-order valence-electron chi connectivity index (χ0n) is 22.4. The van der Waals surface area contributed by atoms with Crippen molar-refractivity contribution in [1.82, 2.24) is 10.9 Å². The zero-order valence-corrected chi connectivity index (χ0v) is 23.2. The lowest BCUT2D eigenvalue weighted by molar-refractivity contribution is -0.137. The van der Waals surface area contributed by atoms with E-state index in [1.54, 1.807) is 18.3 Å². The fraction of sp³-hybridized carbons (Fsp3) is 0.207. The first-order valence-electron chi connectivity index (χ1n) is 12.3. The number of nitrogens with zero attached hydrogens (tertiary/aromatic N) is 3. The molecule has 0 aromatic heterocycles. The first-order chi connectivity index (χ1) is 19.0. The second-order valence-electron chi connectivity index (χ2n) is 9.25. The van der Waals surface area contributed by atoms with Crippen LogP contribution in [0.4, 0.5) is 24.5 Å². The molecule has 1 heterocycles. The van der Waals surface area contributed by atoms with Gasteiger partial charge in [0, 0.05) is 17.5 Å². The fourth-order valence-corrected chi connectivity index (χ4v) is 4.18. The molecule has 7 nitrogen and oxygen atoms in total. The molecule has 3 aromatic carbocycles. The number of benzene rings is 3. The number of ether oxygens (including phenoxy) is 1. The quantitative estimate of drug-likeness (QED) is 0.184. The molecule has 0 saturated heterocycles. The molecule has 0 aliphatic carbocycles. The monoisotopic (exact) mass is 566 g/mol. The molecule has 0 spiro atoms. The normalized spacial score (nSPS) is 13.7. The number of nitrogens with one attached hydrogen (secondary N) is 3. The van der Waals surface area contributed by atoms with E-state index in [1.165, 1.54) is 12.1 Å². The Hall–Kier alpha value is -4.38. The highest BCUT2D eigenvalue weighted by atomic mass is 32.1. The SMILES string of the molecule is COc1cc(C)c(NC(=S)N/N=C\c2ccc(C3=NCC(C)=CN(c4ccc(C(F)(F)F)cc4)N3)cc2)c(C)c1.